The Morgan fingerprint density at radius 2 is 1.64 bits per heavy atom. The van der Waals surface area contributed by atoms with Gasteiger partial charge in [0.15, 0.2) is 5.82 Å². The minimum Gasteiger partial charge on any atom is -0.422 e. The zero-order valence-corrected chi connectivity index (χ0v) is 23.0. The summed E-state index contributed by atoms with van der Waals surface area (Å²) in [6.45, 7) is 0. The van der Waals surface area contributed by atoms with Crippen LogP contribution in [0.1, 0.15) is 15.9 Å². The highest BCUT2D eigenvalue weighted by Gasteiger charge is 2.15. The largest absolute Gasteiger partial charge is 0.422 e. The molecule has 1 aromatic heterocycles. The number of nitro benzene ring substituents is 1. The average Bonchev–Trinajstić information content (AvgIpc) is 2.94. The first kappa shape index (κ1) is 26.1. The second kappa shape index (κ2) is 11.1. The van der Waals surface area contributed by atoms with Crippen molar-refractivity contribution in [1.82, 2.24) is 9.66 Å². The molecule has 0 saturated heterocycles. The van der Waals surface area contributed by atoms with E-state index in [1.54, 1.807) is 42.5 Å². The maximum atomic E-state index is 13.5. The molecule has 0 amide bonds. The lowest BCUT2D eigenvalue weighted by Gasteiger charge is -2.11. The average molecular weight is 648 g/mol. The smallest absolute Gasteiger partial charge is 0.343 e. The summed E-state index contributed by atoms with van der Waals surface area (Å²) in [5.74, 6) is -0.193. The van der Waals surface area contributed by atoms with Crippen molar-refractivity contribution in [2.45, 2.75) is 0 Å². The number of nitrogens with zero attached hydrogens (tertiary/aromatic N) is 4. The van der Waals surface area contributed by atoms with E-state index in [0.29, 0.717) is 32.3 Å². The van der Waals surface area contributed by atoms with Gasteiger partial charge >= 0.3 is 5.97 Å². The summed E-state index contributed by atoms with van der Waals surface area (Å²) in [4.78, 5) is 41.3. The van der Waals surface area contributed by atoms with Gasteiger partial charge in [0.2, 0.25) is 0 Å². The monoisotopic (exact) mass is 646 g/mol. The molecule has 5 aromatic rings. The molecule has 0 N–H and O–H groups in total. The predicted octanol–water partition coefficient (Wildman–Crippen LogP) is 6.60. The first-order chi connectivity index (χ1) is 18.8. The van der Waals surface area contributed by atoms with Gasteiger partial charge in [-0.15, -0.1) is 0 Å². The van der Waals surface area contributed by atoms with E-state index < -0.39 is 10.9 Å². The number of carbonyl (C=O) groups excluding carboxylic acids is 1. The second-order valence-electron chi connectivity index (χ2n) is 8.20. The van der Waals surface area contributed by atoms with Crippen molar-refractivity contribution in [1.29, 1.82) is 0 Å². The van der Waals surface area contributed by atoms with Crippen molar-refractivity contribution in [3.63, 3.8) is 0 Å². The summed E-state index contributed by atoms with van der Waals surface area (Å²) < 4.78 is 8.34. The van der Waals surface area contributed by atoms with Crippen LogP contribution in [0.5, 0.6) is 5.75 Å². The van der Waals surface area contributed by atoms with Gasteiger partial charge in [0.1, 0.15) is 5.75 Å². The molecular weight excluding hydrogens is 632 g/mol. The number of halogens is 2. The summed E-state index contributed by atoms with van der Waals surface area (Å²) in [6, 6.07) is 24.4. The fraction of sp³-hybridized carbons (Fsp3) is 0. The number of benzene rings is 4. The molecule has 0 unspecified atom stereocenters. The predicted molar refractivity (Wildman–Crippen MR) is 154 cm³/mol. The Hall–Kier alpha value is -4.48. The number of esters is 1. The summed E-state index contributed by atoms with van der Waals surface area (Å²) >= 11 is 6.83. The third-order valence-electron chi connectivity index (χ3n) is 5.66. The van der Waals surface area contributed by atoms with Crippen LogP contribution in [0.4, 0.5) is 5.69 Å². The third-order valence-corrected chi connectivity index (χ3v) is 6.68. The lowest BCUT2D eigenvalue weighted by molar-refractivity contribution is -0.384. The van der Waals surface area contributed by atoms with Crippen LogP contribution in [-0.2, 0) is 0 Å². The number of aromatic nitrogens is 2. The van der Waals surface area contributed by atoms with E-state index >= 15 is 0 Å². The van der Waals surface area contributed by atoms with Crippen molar-refractivity contribution in [2.24, 2.45) is 5.10 Å². The van der Waals surface area contributed by atoms with Gasteiger partial charge in [-0.3, -0.25) is 14.9 Å². The number of para-hydroxylation sites is 1. The van der Waals surface area contributed by atoms with Crippen molar-refractivity contribution < 1.29 is 14.5 Å². The van der Waals surface area contributed by atoms with Crippen LogP contribution in [0.25, 0.3) is 22.3 Å². The number of non-ortho nitro benzene ring substituents is 1. The van der Waals surface area contributed by atoms with E-state index in [1.807, 2.05) is 24.3 Å². The number of rotatable bonds is 6. The van der Waals surface area contributed by atoms with Crippen LogP contribution in [0.15, 0.2) is 110 Å². The Morgan fingerprint density at radius 1 is 0.949 bits per heavy atom. The lowest BCUT2D eigenvalue weighted by Crippen LogP contribution is -2.20. The van der Waals surface area contributed by atoms with Gasteiger partial charge < -0.3 is 4.74 Å². The van der Waals surface area contributed by atoms with Gasteiger partial charge in [-0.05, 0) is 54.6 Å². The second-order valence-corrected chi connectivity index (χ2v) is 10.0. The Bertz CT molecular complexity index is 1820. The quantitative estimate of drug-likeness (QED) is 0.0674. The molecule has 0 radical (unpaired) electrons. The highest BCUT2D eigenvalue weighted by atomic mass is 79.9. The molecule has 0 spiro atoms. The van der Waals surface area contributed by atoms with Crippen LogP contribution in [0.2, 0.25) is 0 Å². The summed E-state index contributed by atoms with van der Waals surface area (Å²) in [5.41, 5.74) is 1.25. The van der Waals surface area contributed by atoms with Gasteiger partial charge in [0.05, 0.1) is 27.6 Å². The molecule has 11 heteroatoms. The molecule has 1 heterocycles. The molecule has 0 fully saturated rings. The number of carbonyl (C=O) groups is 1. The molecule has 0 atom stereocenters. The highest BCUT2D eigenvalue weighted by Crippen LogP contribution is 2.25. The molecule has 0 aliphatic carbocycles. The van der Waals surface area contributed by atoms with E-state index in [0.717, 1.165) is 4.47 Å². The number of hydrogen-bond acceptors (Lipinski definition) is 7. The Labute approximate surface area is 237 Å². The van der Waals surface area contributed by atoms with Gasteiger partial charge in [0.25, 0.3) is 11.2 Å². The Morgan fingerprint density at radius 3 is 2.36 bits per heavy atom. The lowest BCUT2D eigenvalue weighted by atomic mass is 10.2. The van der Waals surface area contributed by atoms with Crippen molar-refractivity contribution in [2.75, 3.05) is 0 Å². The normalized spacial score (nSPS) is 11.1. The minimum absolute atomic E-state index is 0.138. The topological polar surface area (TPSA) is 117 Å². The van der Waals surface area contributed by atoms with Crippen LogP contribution in [-0.4, -0.2) is 26.8 Å². The third kappa shape index (κ3) is 5.69. The zero-order chi connectivity index (χ0) is 27.5. The maximum absolute atomic E-state index is 13.5. The summed E-state index contributed by atoms with van der Waals surface area (Å²) in [7, 11) is 0. The molecule has 192 valence electrons. The summed E-state index contributed by atoms with van der Waals surface area (Å²) in [5, 5.41) is 15.8. The van der Waals surface area contributed by atoms with E-state index in [9.17, 15) is 19.7 Å². The van der Waals surface area contributed by atoms with Gasteiger partial charge in [0, 0.05) is 32.2 Å². The van der Waals surface area contributed by atoms with Crippen molar-refractivity contribution in [3.05, 3.63) is 132 Å². The van der Waals surface area contributed by atoms with Crippen LogP contribution >= 0.6 is 31.9 Å². The Kier molecular flexibility index (Phi) is 7.44. The van der Waals surface area contributed by atoms with Crippen LogP contribution in [0, 0.1) is 10.1 Å². The number of nitro groups is 1. The standard InChI is InChI=1S/C28H16Br2N4O5/c29-20-9-5-17(6-10-20)26-32-24-4-2-1-3-23(24)27(35)33(26)31-16-19-15-21(30)11-14-25(19)39-28(36)18-7-12-22(13-8-18)34(37)38/h1-16H. The number of fused-ring (bicyclic) bond motifs is 1. The minimum atomic E-state index is -0.707. The molecule has 5 rings (SSSR count). The van der Waals surface area contributed by atoms with Crippen LogP contribution in [0.3, 0.4) is 0 Å². The molecule has 0 saturated carbocycles. The molecule has 0 aliphatic rings. The number of ether oxygens (including phenoxy) is 1. The Balaban J connectivity index is 1.55. The molecule has 0 aliphatic heterocycles. The maximum Gasteiger partial charge on any atom is 0.343 e. The van der Waals surface area contributed by atoms with Gasteiger partial charge in [-0.25, -0.2) is 9.78 Å². The van der Waals surface area contributed by atoms with E-state index in [2.05, 4.69) is 41.9 Å². The van der Waals surface area contributed by atoms with Gasteiger partial charge in [-0.1, -0.05) is 56.1 Å². The fourth-order valence-corrected chi connectivity index (χ4v) is 4.37. The van der Waals surface area contributed by atoms with Crippen molar-refractivity contribution in [3.8, 4) is 17.1 Å². The van der Waals surface area contributed by atoms with Gasteiger partial charge in [-0.2, -0.15) is 9.78 Å². The molecule has 9 nitrogen and oxygen atoms in total. The van der Waals surface area contributed by atoms with Crippen LogP contribution < -0.4 is 10.3 Å². The zero-order valence-electron chi connectivity index (χ0n) is 19.8. The SMILES string of the molecule is O=C(Oc1ccc(Br)cc1C=Nn1c(-c2ccc(Br)cc2)nc2ccccc2c1=O)c1ccc([N+](=O)[O-])cc1. The van der Waals surface area contributed by atoms with Crippen molar-refractivity contribution >= 4 is 60.6 Å². The number of hydrogen-bond donors (Lipinski definition) is 0. The van der Waals surface area contributed by atoms with E-state index in [1.165, 1.54) is 35.2 Å². The molecule has 4 aromatic carbocycles. The molecule has 0 bridgehead atoms. The first-order valence-electron chi connectivity index (χ1n) is 11.4. The first-order valence-corrected chi connectivity index (χ1v) is 13.0. The highest BCUT2D eigenvalue weighted by molar-refractivity contribution is 9.10. The molecular formula is C28H16Br2N4O5. The van der Waals surface area contributed by atoms with E-state index in [-0.39, 0.29) is 22.6 Å². The summed E-state index contributed by atoms with van der Waals surface area (Å²) in [6.07, 6.45) is 1.41. The van der Waals surface area contributed by atoms with E-state index in [4.69, 9.17) is 4.74 Å². The molecule has 39 heavy (non-hydrogen) atoms. The fourth-order valence-electron chi connectivity index (χ4n) is 3.73.